The average Bonchev–Trinajstić information content (AvgIpc) is 2.73. The van der Waals surface area contributed by atoms with Crippen molar-refractivity contribution in [3.63, 3.8) is 0 Å². The summed E-state index contributed by atoms with van der Waals surface area (Å²) < 4.78 is 4.78. The van der Waals surface area contributed by atoms with E-state index in [1.54, 1.807) is 19.3 Å². The fraction of sp³-hybridized carbons (Fsp3) is 0.273. The minimum atomic E-state index is -0.144. The molecule has 2 rings (SSSR count). The Bertz CT molecular complexity index is 495. The molecule has 0 radical (unpaired) electrons. The van der Waals surface area contributed by atoms with Gasteiger partial charge in [0.2, 0.25) is 11.8 Å². The van der Waals surface area contributed by atoms with E-state index in [9.17, 15) is 4.79 Å². The van der Waals surface area contributed by atoms with E-state index < -0.39 is 0 Å². The van der Waals surface area contributed by atoms with Gasteiger partial charge in [0.1, 0.15) is 0 Å². The van der Waals surface area contributed by atoms with Gasteiger partial charge in [-0.3, -0.25) is 9.78 Å². The second-order valence-electron chi connectivity index (χ2n) is 3.54. The molecule has 2 aromatic heterocycles. The molecule has 0 aliphatic rings. The number of aryl methyl sites for hydroxylation is 1. The standard InChI is InChI=1S/C11H12N4O2/c1-8-14-10(15-17-8)5-11(16)13-7-9-3-2-4-12-6-9/h2-4,6H,5,7H2,1H3,(H,13,16). The van der Waals surface area contributed by atoms with E-state index in [1.807, 2.05) is 12.1 Å². The predicted octanol–water partition coefficient (Wildman–Crippen LogP) is 0.632. The second kappa shape index (κ2) is 5.20. The number of amides is 1. The van der Waals surface area contributed by atoms with Crippen LogP contribution in [0.5, 0.6) is 0 Å². The van der Waals surface area contributed by atoms with Crippen molar-refractivity contribution in [1.82, 2.24) is 20.4 Å². The van der Waals surface area contributed by atoms with E-state index in [0.29, 0.717) is 18.3 Å². The van der Waals surface area contributed by atoms with Crippen molar-refractivity contribution >= 4 is 5.91 Å². The smallest absolute Gasteiger partial charge is 0.228 e. The van der Waals surface area contributed by atoms with Gasteiger partial charge in [-0.2, -0.15) is 4.98 Å². The van der Waals surface area contributed by atoms with Gasteiger partial charge >= 0.3 is 0 Å². The van der Waals surface area contributed by atoms with Crippen molar-refractivity contribution in [1.29, 1.82) is 0 Å². The van der Waals surface area contributed by atoms with Gasteiger partial charge in [-0.25, -0.2) is 0 Å². The molecule has 2 heterocycles. The van der Waals surface area contributed by atoms with Crippen LogP contribution in [0.4, 0.5) is 0 Å². The molecule has 6 nitrogen and oxygen atoms in total. The van der Waals surface area contributed by atoms with Gasteiger partial charge in [-0.15, -0.1) is 0 Å². The molecule has 0 saturated carbocycles. The largest absolute Gasteiger partial charge is 0.352 e. The Hall–Kier alpha value is -2.24. The molecule has 0 fully saturated rings. The highest BCUT2D eigenvalue weighted by Gasteiger charge is 2.08. The zero-order chi connectivity index (χ0) is 12.1. The fourth-order valence-electron chi connectivity index (χ4n) is 1.32. The van der Waals surface area contributed by atoms with E-state index in [2.05, 4.69) is 20.4 Å². The maximum Gasteiger partial charge on any atom is 0.228 e. The van der Waals surface area contributed by atoms with Crippen molar-refractivity contribution in [2.45, 2.75) is 19.9 Å². The van der Waals surface area contributed by atoms with Crippen molar-refractivity contribution in [3.8, 4) is 0 Å². The fourth-order valence-corrected chi connectivity index (χ4v) is 1.32. The Kier molecular flexibility index (Phi) is 3.44. The third kappa shape index (κ3) is 3.37. The summed E-state index contributed by atoms with van der Waals surface area (Å²) in [6, 6.07) is 3.72. The highest BCUT2D eigenvalue weighted by molar-refractivity contribution is 5.77. The van der Waals surface area contributed by atoms with Crippen molar-refractivity contribution in [2.75, 3.05) is 0 Å². The first-order chi connectivity index (χ1) is 8.24. The van der Waals surface area contributed by atoms with Crippen LogP contribution < -0.4 is 5.32 Å². The molecule has 88 valence electrons. The lowest BCUT2D eigenvalue weighted by molar-refractivity contribution is -0.120. The number of carbonyl (C=O) groups is 1. The SMILES string of the molecule is Cc1nc(CC(=O)NCc2cccnc2)no1. The molecule has 2 aromatic rings. The monoisotopic (exact) mass is 232 g/mol. The average molecular weight is 232 g/mol. The zero-order valence-electron chi connectivity index (χ0n) is 9.38. The summed E-state index contributed by atoms with van der Waals surface area (Å²) in [5.41, 5.74) is 0.949. The first-order valence-electron chi connectivity index (χ1n) is 5.19. The van der Waals surface area contributed by atoms with Crippen LogP contribution in [0, 0.1) is 6.92 Å². The van der Waals surface area contributed by atoms with Crippen molar-refractivity contribution in [2.24, 2.45) is 0 Å². The van der Waals surface area contributed by atoms with Crippen LogP contribution in [-0.2, 0) is 17.8 Å². The van der Waals surface area contributed by atoms with Gasteiger partial charge in [-0.05, 0) is 11.6 Å². The zero-order valence-corrected chi connectivity index (χ0v) is 9.38. The van der Waals surface area contributed by atoms with Gasteiger partial charge < -0.3 is 9.84 Å². The van der Waals surface area contributed by atoms with E-state index in [0.717, 1.165) is 5.56 Å². The van der Waals surface area contributed by atoms with Crippen LogP contribution in [0.3, 0.4) is 0 Å². The number of rotatable bonds is 4. The highest BCUT2D eigenvalue weighted by atomic mass is 16.5. The summed E-state index contributed by atoms with van der Waals surface area (Å²) >= 11 is 0. The number of carbonyl (C=O) groups excluding carboxylic acids is 1. The third-order valence-electron chi connectivity index (χ3n) is 2.10. The maximum absolute atomic E-state index is 11.5. The van der Waals surface area contributed by atoms with Crippen LogP contribution in [0.1, 0.15) is 17.3 Å². The van der Waals surface area contributed by atoms with Crippen LogP contribution in [0.2, 0.25) is 0 Å². The molecule has 1 N–H and O–H groups in total. The lowest BCUT2D eigenvalue weighted by Crippen LogP contribution is -2.25. The molecule has 0 saturated heterocycles. The predicted molar refractivity (Wildman–Crippen MR) is 58.8 cm³/mol. The molecular weight excluding hydrogens is 220 g/mol. The molecule has 1 amide bonds. The molecule has 6 heteroatoms. The van der Waals surface area contributed by atoms with Gasteiger partial charge in [-0.1, -0.05) is 11.2 Å². The summed E-state index contributed by atoms with van der Waals surface area (Å²) in [7, 11) is 0. The van der Waals surface area contributed by atoms with Crippen LogP contribution >= 0.6 is 0 Å². The number of aromatic nitrogens is 3. The van der Waals surface area contributed by atoms with Crippen LogP contribution in [0.25, 0.3) is 0 Å². The molecule has 0 atom stereocenters. The molecular formula is C11H12N4O2. The van der Waals surface area contributed by atoms with Gasteiger partial charge in [0.05, 0.1) is 6.42 Å². The first-order valence-corrected chi connectivity index (χ1v) is 5.19. The highest BCUT2D eigenvalue weighted by Crippen LogP contribution is 1.97. The van der Waals surface area contributed by atoms with E-state index in [4.69, 9.17) is 4.52 Å². The maximum atomic E-state index is 11.5. The number of nitrogens with zero attached hydrogens (tertiary/aromatic N) is 3. The minimum absolute atomic E-state index is 0.123. The van der Waals surface area contributed by atoms with E-state index >= 15 is 0 Å². The summed E-state index contributed by atoms with van der Waals surface area (Å²) in [5.74, 6) is 0.709. The molecule has 17 heavy (non-hydrogen) atoms. The lowest BCUT2D eigenvalue weighted by atomic mass is 10.3. The van der Waals surface area contributed by atoms with Crippen molar-refractivity contribution in [3.05, 3.63) is 41.8 Å². The van der Waals surface area contributed by atoms with Gasteiger partial charge in [0.15, 0.2) is 5.82 Å². The molecule has 0 bridgehead atoms. The number of hydrogen-bond acceptors (Lipinski definition) is 5. The molecule has 0 unspecified atom stereocenters. The number of nitrogens with one attached hydrogen (secondary N) is 1. The Morgan fingerprint density at radius 3 is 3.06 bits per heavy atom. The molecule has 0 spiro atoms. The Balaban J connectivity index is 1.82. The molecule has 0 aliphatic carbocycles. The normalized spacial score (nSPS) is 10.2. The molecule has 0 aromatic carbocycles. The quantitative estimate of drug-likeness (QED) is 0.836. The first kappa shape index (κ1) is 11.3. The Morgan fingerprint density at radius 1 is 1.53 bits per heavy atom. The summed E-state index contributed by atoms with van der Waals surface area (Å²) in [6.45, 7) is 2.13. The van der Waals surface area contributed by atoms with Gasteiger partial charge in [0.25, 0.3) is 0 Å². The minimum Gasteiger partial charge on any atom is -0.352 e. The van der Waals surface area contributed by atoms with Crippen molar-refractivity contribution < 1.29 is 9.32 Å². The second-order valence-corrected chi connectivity index (χ2v) is 3.54. The summed E-state index contributed by atoms with van der Waals surface area (Å²) in [5, 5.41) is 6.41. The van der Waals surface area contributed by atoms with Gasteiger partial charge in [0, 0.05) is 25.9 Å². The van der Waals surface area contributed by atoms with E-state index in [-0.39, 0.29) is 12.3 Å². The Labute approximate surface area is 98.1 Å². The Morgan fingerprint density at radius 2 is 2.41 bits per heavy atom. The number of pyridine rings is 1. The topological polar surface area (TPSA) is 80.9 Å². The summed E-state index contributed by atoms with van der Waals surface area (Å²) in [4.78, 5) is 19.5. The van der Waals surface area contributed by atoms with Crippen LogP contribution in [0.15, 0.2) is 29.0 Å². The van der Waals surface area contributed by atoms with E-state index in [1.165, 1.54) is 0 Å². The van der Waals surface area contributed by atoms with Crippen LogP contribution in [-0.4, -0.2) is 21.0 Å². The lowest BCUT2D eigenvalue weighted by Gasteiger charge is -2.02. The summed E-state index contributed by atoms with van der Waals surface area (Å²) in [6.07, 6.45) is 3.52. The third-order valence-corrected chi connectivity index (χ3v) is 2.10. The molecule has 0 aliphatic heterocycles. The number of hydrogen-bond donors (Lipinski definition) is 1.